The Morgan fingerprint density at radius 2 is 1.79 bits per heavy atom. The van der Waals surface area contributed by atoms with Crippen LogP contribution in [0.15, 0.2) is 30.3 Å². The summed E-state index contributed by atoms with van der Waals surface area (Å²) in [6.07, 6.45) is -0.131. The van der Waals surface area contributed by atoms with Gasteiger partial charge in [-0.1, -0.05) is 53.9 Å². The number of anilines is 1. The summed E-state index contributed by atoms with van der Waals surface area (Å²) in [6.45, 7) is 5.84. The van der Waals surface area contributed by atoms with Gasteiger partial charge >= 0.3 is 0 Å². The van der Waals surface area contributed by atoms with Crippen molar-refractivity contribution < 1.29 is 9.53 Å². The van der Waals surface area contributed by atoms with Crippen LogP contribution in [0.1, 0.15) is 24.5 Å². The average molecular weight is 387 g/mol. The highest BCUT2D eigenvalue weighted by Gasteiger charge is 2.21. The molecule has 3 nitrogen and oxygen atoms in total. The maximum atomic E-state index is 12.5. The Balaban J connectivity index is 2.17. The van der Waals surface area contributed by atoms with Gasteiger partial charge in [0.2, 0.25) is 0 Å². The first-order valence-corrected chi connectivity index (χ1v) is 8.65. The van der Waals surface area contributed by atoms with E-state index in [0.717, 1.165) is 11.1 Å². The fourth-order valence-electron chi connectivity index (χ4n) is 2.16. The van der Waals surface area contributed by atoms with Gasteiger partial charge in [-0.25, -0.2) is 0 Å². The van der Waals surface area contributed by atoms with E-state index in [2.05, 4.69) is 5.32 Å². The number of benzene rings is 2. The molecule has 0 saturated heterocycles. The van der Waals surface area contributed by atoms with Crippen molar-refractivity contribution in [3.8, 4) is 5.75 Å². The van der Waals surface area contributed by atoms with Crippen LogP contribution in [0.25, 0.3) is 0 Å². The van der Waals surface area contributed by atoms with Crippen molar-refractivity contribution in [2.75, 3.05) is 5.32 Å². The van der Waals surface area contributed by atoms with Crippen LogP contribution in [-0.4, -0.2) is 12.0 Å². The number of hydrogen-bond acceptors (Lipinski definition) is 2. The van der Waals surface area contributed by atoms with Crippen molar-refractivity contribution in [3.63, 3.8) is 0 Å². The van der Waals surface area contributed by atoms with Crippen molar-refractivity contribution in [2.45, 2.75) is 33.3 Å². The zero-order valence-corrected chi connectivity index (χ0v) is 15.9. The van der Waals surface area contributed by atoms with Gasteiger partial charge in [-0.2, -0.15) is 0 Å². The summed E-state index contributed by atoms with van der Waals surface area (Å²) >= 11 is 18.0. The standard InChI is InChI=1S/C18H18Cl3NO2/c1-4-16(24-17-7-5-6-10(2)11(17)3)18(23)22-15-9-13(20)12(19)8-14(15)21/h5-9,16H,4H2,1-3H3,(H,22,23)/t16-/m1/s1. The van der Waals surface area contributed by atoms with Crippen LogP contribution in [0.3, 0.4) is 0 Å². The van der Waals surface area contributed by atoms with Crippen LogP contribution in [0.2, 0.25) is 15.1 Å². The van der Waals surface area contributed by atoms with Crippen molar-refractivity contribution in [1.29, 1.82) is 0 Å². The molecule has 0 aromatic heterocycles. The van der Waals surface area contributed by atoms with Gasteiger partial charge in [-0.05, 0) is 49.6 Å². The second kappa shape index (κ2) is 8.11. The third-order valence-electron chi connectivity index (χ3n) is 3.76. The van der Waals surface area contributed by atoms with Gasteiger partial charge < -0.3 is 10.1 Å². The van der Waals surface area contributed by atoms with E-state index in [1.54, 1.807) is 0 Å². The summed E-state index contributed by atoms with van der Waals surface area (Å²) < 4.78 is 5.89. The molecule has 0 saturated carbocycles. The van der Waals surface area contributed by atoms with Crippen LogP contribution < -0.4 is 10.1 Å². The molecule has 2 aromatic rings. The third-order valence-corrected chi connectivity index (χ3v) is 4.79. The van der Waals surface area contributed by atoms with Gasteiger partial charge in [-0.3, -0.25) is 4.79 Å². The number of nitrogens with one attached hydrogen (secondary N) is 1. The van der Waals surface area contributed by atoms with Crippen LogP contribution in [0.5, 0.6) is 5.75 Å². The van der Waals surface area contributed by atoms with Crippen molar-refractivity contribution >= 4 is 46.4 Å². The number of ether oxygens (including phenoxy) is 1. The number of carbonyl (C=O) groups is 1. The third kappa shape index (κ3) is 4.35. The molecule has 0 heterocycles. The predicted molar refractivity (Wildman–Crippen MR) is 101 cm³/mol. The first-order valence-electron chi connectivity index (χ1n) is 7.51. The van der Waals surface area contributed by atoms with Crippen LogP contribution in [0, 0.1) is 13.8 Å². The van der Waals surface area contributed by atoms with Gasteiger partial charge in [0.25, 0.3) is 5.91 Å². The van der Waals surface area contributed by atoms with E-state index in [0.29, 0.717) is 32.9 Å². The highest BCUT2D eigenvalue weighted by Crippen LogP contribution is 2.32. The number of halogens is 3. The lowest BCUT2D eigenvalue weighted by molar-refractivity contribution is -0.122. The van der Waals surface area contributed by atoms with Crippen LogP contribution >= 0.6 is 34.8 Å². The molecule has 2 aromatic carbocycles. The Labute approximate surface area is 156 Å². The second-order valence-corrected chi connectivity index (χ2v) is 6.67. The van der Waals surface area contributed by atoms with Gasteiger partial charge in [0.15, 0.2) is 6.10 Å². The van der Waals surface area contributed by atoms with Crippen LogP contribution in [0.4, 0.5) is 5.69 Å². The first-order chi connectivity index (χ1) is 11.3. The number of aryl methyl sites for hydroxylation is 1. The molecule has 0 spiro atoms. The second-order valence-electron chi connectivity index (χ2n) is 5.45. The maximum Gasteiger partial charge on any atom is 0.265 e. The summed E-state index contributed by atoms with van der Waals surface area (Å²) in [6, 6.07) is 8.77. The molecule has 0 aliphatic carbocycles. The van der Waals surface area contributed by atoms with E-state index in [4.69, 9.17) is 39.5 Å². The first kappa shape index (κ1) is 18.9. The average Bonchev–Trinajstić information content (AvgIpc) is 2.53. The molecule has 2 rings (SSSR count). The summed E-state index contributed by atoms with van der Waals surface area (Å²) in [5.41, 5.74) is 2.52. The Hall–Kier alpha value is -1.42. The predicted octanol–water partition coefficient (Wildman–Crippen LogP) is 6.06. The molecule has 128 valence electrons. The number of rotatable bonds is 5. The van der Waals surface area contributed by atoms with E-state index >= 15 is 0 Å². The summed E-state index contributed by atoms with van der Waals surface area (Å²) in [5, 5.41) is 3.71. The molecule has 0 fully saturated rings. The lowest BCUT2D eigenvalue weighted by Gasteiger charge is -2.20. The van der Waals surface area contributed by atoms with Crippen LogP contribution in [-0.2, 0) is 4.79 Å². The zero-order chi connectivity index (χ0) is 17.9. The lowest BCUT2D eigenvalue weighted by Crippen LogP contribution is -2.32. The normalized spacial score (nSPS) is 11.9. The Morgan fingerprint density at radius 1 is 1.12 bits per heavy atom. The fraction of sp³-hybridized carbons (Fsp3) is 0.278. The fourth-order valence-corrected chi connectivity index (χ4v) is 2.75. The van der Waals surface area contributed by atoms with E-state index < -0.39 is 6.10 Å². The minimum atomic E-state index is -0.643. The summed E-state index contributed by atoms with van der Waals surface area (Å²) in [5.74, 6) is 0.399. The molecule has 1 amide bonds. The van der Waals surface area contributed by atoms with E-state index in [1.165, 1.54) is 12.1 Å². The SMILES string of the molecule is CC[C@@H](Oc1cccc(C)c1C)C(=O)Nc1cc(Cl)c(Cl)cc1Cl. The molecule has 0 radical (unpaired) electrons. The highest BCUT2D eigenvalue weighted by atomic mass is 35.5. The molecule has 1 atom stereocenters. The molecule has 6 heteroatoms. The van der Waals surface area contributed by atoms with Gasteiger partial charge in [0, 0.05) is 0 Å². The van der Waals surface area contributed by atoms with Crippen molar-refractivity contribution in [2.24, 2.45) is 0 Å². The Kier molecular flexibility index (Phi) is 6.39. The van der Waals surface area contributed by atoms with Crippen molar-refractivity contribution in [3.05, 3.63) is 56.5 Å². The number of amides is 1. The lowest BCUT2D eigenvalue weighted by atomic mass is 10.1. The molecule has 0 aliphatic heterocycles. The van der Waals surface area contributed by atoms with Gasteiger partial charge in [0.1, 0.15) is 5.75 Å². The number of hydrogen-bond donors (Lipinski definition) is 1. The smallest absolute Gasteiger partial charge is 0.265 e. The molecule has 24 heavy (non-hydrogen) atoms. The topological polar surface area (TPSA) is 38.3 Å². The molecule has 0 aliphatic rings. The van der Waals surface area contributed by atoms with E-state index in [-0.39, 0.29) is 5.91 Å². The summed E-state index contributed by atoms with van der Waals surface area (Å²) in [4.78, 5) is 12.5. The maximum absolute atomic E-state index is 12.5. The summed E-state index contributed by atoms with van der Waals surface area (Å²) in [7, 11) is 0. The van der Waals surface area contributed by atoms with Gasteiger partial charge in [0.05, 0.1) is 20.8 Å². The van der Waals surface area contributed by atoms with E-state index in [9.17, 15) is 4.79 Å². The minimum absolute atomic E-state index is 0.293. The molecule has 0 bridgehead atoms. The zero-order valence-electron chi connectivity index (χ0n) is 13.6. The Bertz CT molecular complexity index is 762. The van der Waals surface area contributed by atoms with E-state index in [1.807, 2.05) is 39.0 Å². The molecule has 0 unspecified atom stereocenters. The number of carbonyl (C=O) groups excluding carboxylic acids is 1. The van der Waals surface area contributed by atoms with Crippen molar-refractivity contribution in [1.82, 2.24) is 0 Å². The molecule has 1 N–H and O–H groups in total. The largest absolute Gasteiger partial charge is 0.480 e. The molecular formula is C18H18Cl3NO2. The monoisotopic (exact) mass is 385 g/mol. The highest BCUT2D eigenvalue weighted by molar-refractivity contribution is 6.44. The van der Waals surface area contributed by atoms with Gasteiger partial charge in [-0.15, -0.1) is 0 Å². The quantitative estimate of drug-likeness (QED) is 0.634. The Morgan fingerprint density at radius 3 is 2.46 bits per heavy atom. The molecular weight excluding hydrogens is 369 g/mol. The minimum Gasteiger partial charge on any atom is -0.480 e.